The van der Waals surface area contributed by atoms with E-state index in [0.29, 0.717) is 19.8 Å². The van der Waals surface area contributed by atoms with Gasteiger partial charge >= 0.3 is 5.97 Å². The molecule has 0 aliphatic carbocycles. The van der Waals surface area contributed by atoms with E-state index >= 15 is 0 Å². The zero-order chi connectivity index (χ0) is 21.7. The Labute approximate surface area is 185 Å². The van der Waals surface area contributed by atoms with Crippen LogP contribution in [0.5, 0.6) is 11.5 Å². The Morgan fingerprint density at radius 1 is 1.03 bits per heavy atom. The second kappa shape index (κ2) is 9.75. The van der Waals surface area contributed by atoms with Gasteiger partial charge in [-0.15, -0.1) is 22.7 Å². The highest BCUT2D eigenvalue weighted by Crippen LogP contribution is 2.34. The van der Waals surface area contributed by atoms with E-state index < -0.39 is 18.5 Å². The third kappa shape index (κ3) is 4.99. The lowest BCUT2D eigenvalue weighted by Crippen LogP contribution is -2.18. The topological polar surface area (TPSA) is 90.9 Å². The van der Waals surface area contributed by atoms with Gasteiger partial charge in [0.25, 0.3) is 5.91 Å². The molecule has 0 fully saturated rings. The fourth-order valence-corrected chi connectivity index (χ4v) is 4.07. The van der Waals surface area contributed by atoms with E-state index in [-0.39, 0.29) is 22.8 Å². The molecule has 1 aromatic carbocycles. The number of anilines is 1. The fraction of sp³-hybridized carbons (Fsp3) is 0.150. The van der Waals surface area contributed by atoms with Crippen molar-refractivity contribution in [2.45, 2.75) is 0 Å². The minimum atomic E-state index is -0.798. The normalized spacial score (nSPS) is 10.4. The molecule has 1 amide bonds. The van der Waals surface area contributed by atoms with Crippen molar-refractivity contribution in [1.82, 2.24) is 0 Å². The van der Waals surface area contributed by atoms with Crippen LogP contribution in [0.1, 0.15) is 29.7 Å². The molecule has 0 radical (unpaired) electrons. The first kappa shape index (κ1) is 21.8. The molecule has 3 aromatic rings. The van der Waals surface area contributed by atoms with E-state index in [1.54, 1.807) is 29.6 Å². The maximum atomic E-state index is 12.7. The zero-order valence-electron chi connectivity index (χ0n) is 15.9. The zero-order valence-corrected chi connectivity index (χ0v) is 18.3. The molecule has 0 aliphatic heterocycles. The van der Waals surface area contributed by atoms with Crippen molar-refractivity contribution in [1.29, 1.82) is 0 Å². The molecule has 0 saturated carbocycles. The predicted molar refractivity (Wildman–Crippen MR) is 116 cm³/mol. The number of ketones is 1. The molecule has 0 spiro atoms. The van der Waals surface area contributed by atoms with Crippen LogP contribution in [0.25, 0.3) is 0 Å². The Kier molecular flexibility index (Phi) is 7.09. The highest BCUT2D eigenvalue weighted by Gasteiger charge is 2.22. The highest BCUT2D eigenvalue weighted by atomic mass is 35.5. The molecule has 156 valence electrons. The van der Waals surface area contributed by atoms with E-state index in [9.17, 15) is 14.4 Å². The third-order valence-electron chi connectivity index (χ3n) is 3.92. The number of hydrogen-bond donors (Lipinski definition) is 1. The van der Waals surface area contributed by atoms with Crippen molar-refractivity contribution >= 4 is 57.6 Å². The predicted octanol–water partition coefficient (Wildman–Crippen LogP) is 4.77. The number of benzene rings is 1. The molecule has 3 rings (SSSR count). The van der Waals surface area contributed by atoms with E-state index in [0.717, 1.165) is 11.3 Å². The van der Waals surface area contributed by atoms with Crippen molar-refractivity contribution in [3.05, 3.63) is 61.4 Å². The van der Waals surface area contributed by atoms with Crippen molar-refractivity contribution in [2.75, 3.05) is 26.1 Å². The third-order valence-corrected chi connectivity index (χ3v) is 6.06. The molecule has 2 heterocycles. The molecular weight excluding hydrogens is 450 g/mol. The van der Waals surface area contributed by atoms with Gasteiger partial charge < -0.3 is 19.5 Å². The van der Waals surface area contributed by atoms with Gasteiger partial charge in [0.05, 0.1) is 39.6 Å². The van der Waals surface area contributed by atoms with Gasteiger partial charge in [-0.2, -0.15) is 0 Å². The van der Waals surface area contributed by atoms with Gasteiger partial charge in [-0.05, 0) is 23.6 Å². The lowest BCUT2D eigenvalue weighted by Gasteiger charge is -2.15. The number of amides is 1. The number of carbonyl (C=O) groups excluding carboxylic acids is 3. The molecule has 2 aromatic heterocycles. The minimum absolute atomic E-state index is 0.0227. The van der Waals surface area contributed by atoms with Crippen LogP contribution in [-0.4, -0.2) is 38.5 Å². The summed E-state index contributed by atoms with van der Waals surface area (Å²) in [4.78, 5) is 38.2. The first-order valence-electron chi connectivity index (χ1n) is 8.49. The van der Waals surface area contributed by atoms with Crippen LogP contribution in [0.15, 0.2) is 41.8 Å². The van der Waals surface area contributed by atoms with Crippen LogP contribution in [0.2, 0.25) is 4.34 Å². The summed E-state index contributed by atoms with van der Waals surface area (Å²) in [5.41, 5.74) is 0.192. The van der Waals surface area contributed by atoms with E-state index in [1.807, 2.05) is 0 Å². The number of esters is 1. The smallest absolute Gasteiger partial charge is 0.340 e. The van der Waals surface area contributed by atoms with Gasteiger partial charge in [0, 0.05) is 12.1 Å². The summed E-state index contributed by atoms with van der Waals surface area (Å²) in [5, 5.41) is 4.44. The molecule has 0 saturated heterocycles. The first-order valence-corrected chi connectivity index (χ1v) is 10.6. The number of halogens is 1. The standard InChI is InChI=1S/C20H16ClNO6S2/c1-26-14-8-11(20(25)28-10-13(23)16-5-6-18(21)30-16)12(9-15(14)27-2)22-19(24)17-4-3-7-29-17/h3-9H,10H2,1-2H3,(H,22,24). The van der Waals surface area contributed by atoms with Gasteiger partial charge in [-0.1, -0.05) is 17.7 Å². The Bertz CT molecular complexity index is 1080. The van der Waals surface area contributed by atoms with E-state index in [2.05, 4.69) is 5.32 Å². The van der Waals surface area contributed by atoms with Crippen molar-refractivity contribution in [3.63, 3.8) is 0 Å². The number of Topliss-reactive ketones (excluding diaryl/α,β-unsaturated/α-hetero) is 1. The lowest BCUT2D eigenvalue weighted by atomic mass is 10.1. The monoisotopic (exact) mass is 465 g/mol. The first-order chi connectivity index (χ1) is 14.4. The summed E-state index contributed by atoms with van der Waals surface area (Å²) >= 11 is 8.18. The summed E-state index contributed by atoms with van der Waals surface area (Å²) in [6, 6.07) is 9.40. The Morgan fingerprint density at radius 2 is 1.77 bits per heavy atom. The summed E-state index contributed by atoms with van der Waals surface area (Å²) in [6.45, 7) is -0.470. The quantitative estimate of drug-likeness (QED) is 0.380. The van der Waals surface area contributed by atoms with Crippen LogP contribution in [0.3, 0.4) is 0 Å². The van der Waals surface area contributed by atoms with Gasteiger partial charge in [0.15, 0.2) is 18.1 Å². The second-order valence-corrected chi connectivity index (χ2v) is 8.45. The Morgan fingerprint density at radius 3 is 2.37 bits per heavy atom. The van der Waals surface area contributed by atoms with Crippen LogP contribution < -0.4 is 14.8 Å². The van der Waals surface area contributed by atoms with Crippen LogP contribution >= 0.6 is 34.3 Å². The summed E-state index contributed by atoms with van der Waals surface area (Å²) < 4.78 is 16.1. The second-order valence-electron chi connectivity index (χ2n) is 5.79. The number of thiophene rings is 2. The highest BCUT2D eigenvalue weighted by molar-refractivity contribution is 7.18. The Balaban J connectivity index is 1.84. The fourth-order valence-electron chi connectivity index (χ4n) is 2.49. The number of carbonyl (C=O) groups is 3. The number of nitrogens with one attached hydrogen (secondary N) is 1. The average Bonchev–Trinajstić information content (AvgIpc) is 3.43. The van der Waals surface area contributed by atoms with Gasteiger partial charge in [-0.25, -0.2) is 4.79 Å². The SMILES string of the molecule is COc1cc(NC(=O)c2cccs2)c(C(=O)OCC(=O)c2ccc(Cl)s2)cc1OC. The Hall–Kier alpha value is -2.88. The largest absolute Gasteiger partial charge is 0.493 e. The van der Waals surface area contributed by atoms with Gasteiger partial charge in [0.1, 0.15) is 0 Å². The van der Waals surface area contributed by atoms with Crippen LogP contribution in [-0.2, 0) is 4.74 Å². The molecule has 0 unspecified atom stereocenters. The average molecular weight is 466 g/mol. The van der Waals surface area contributed by atoms with Crippen molar-refractivity contribution in [3.8, 4) is 11.5 Å². The number of rotatable bonds is 8. The van der Waals surface area contributed by atoms with E-state index in [1.165, 1.54) is 37.7 Å². The van der Waals surface area contributed by atoms with Gasteiger partial charge in [0.2, 0.25) is 5.78 Å². The van der Waals surface area contributed by atoms with Crippen LogP contribution in [0, 0.1) is 0 Å². The van der Waals surface area contributed by atoms with Crippen molar-refractivity contribution in [2.24, 2.45) is 0 Å². The molecule has 10 heteroatoms. The van der Waals surface area contributed by atoms with Crippen molar-refractivity contribution < 1.29 is 28.6 Å². The lowest BCUT2D eigenvalue weighted by molar-refractivity contribution is 0.0476. The van der Waals surface area contributed by atoms with E-state index in [4.69, 9.17) is 25.8 Å². The molecule has 30 heavy (non-hydrogen) atoms. The summed E-state index contributed by atoms with van der Waals surface area (Å²) in [6.07, 6.45) is 0. The minimum Gasteiger partial charge on any atom is -0.493 e. The number of methoxy groups -OCH3 is 2. The molecule has 1 N–H and O–H groups in total. The molecular formula is C20H16ClNO6S2. The summed E-state index contributed by atoms with van der Waals surface area (Å²) in [7, 11) is 2.85. The molecule has 7 nitrogen and oxygen atoms in total. The maximum absolute atomic E-state index is 12.7. The molecule has 0 atom stereocenters. The number of ether oxygens (including phenoxy) is 3. The molecule has 0 bridgehead atoms. The van der Waals surface area contributed by atoms with Gasteiger partial charge in [-0.3, -0.25) is 9.59 Å². The van der Waals surface area contributed by atoms with Crippen LogP contribution in [0.4, 0.5) is 5.69 Å². The summed E-state index contributed by atoms with van der Waals surface area (Å²) in [5.74, 6) is -0.983. The maximum Gasteiger partial charge on any atom is 0.340 e. The number of hydrogen-bond acceptors (Lipinski definition) is 8. The molecule has 0 aliphatic rings.